The van der Waals surface area contributed by atoms with Gasteiger partial charge in [-0.25, -0.2) is 14.2 Å². The number of aromatic nitrogens is 2. The van der Waals surface area contributed by atoms with Gasteiger partial charge in [-0.15, -0.1) is 0 Å². The number of rotatable bonds is 2. The normalized spacial score (nSPS) is 10.9. The van der Waals surface area contributed by atoms with Crippen LogP contribution in [-0.2, 0) is 0 Å². The maximum atomic E-state index is 13.9. The number of carboxylic acids is 1. The number of hydrogen-bond donors (Lipinski definition) is 1. The molecule has 2 aromatic carbocycles. The fraction of sp³-hybridized carbons (Fsp3) is 0. The van der Waals surface area contributed by atoms with Gasteiger partial charge in [-0.05, 0) is 30.3 Å². The van der Waals surface area contributed by atoms with Gasteiger partial charge in [0.05, 0.1) is 21.6 Å². The zero-order chi connectivity index (χ0) is 14.3. The first kappa shape index (κ1) is 12.6. The molecular weight excluding hydrogens is 283 g/mol. The number of nitrogens with zero attached hydrogens (tertiary/aromatic N) is 2. The van der Waals surface area contributed by atoms with Gasteiger partial charge < -0.3 is 5.11 Å². The van der Waals surface area contributed by atoms with Crippen molar-refractivity contribution in [1.82, 2.24) is 9.55 Å². The van der Waals surface area contributed by atoms with E-state index in [1.807, 2.05) is 0 Å². The lowest BCUT2D eigenvalue weighted by Crippen LogP contribution is -1.98. The van der Waals surface area contributed by atoms with E-state index in [4.69, 9.17) is 16.7 Å². The standard InChI is InChI=1S/C14H8ClFN2O2/c15-9-2-1-3-10(16)13(9)18-7-17-11-6-8(14(19)20)4-5-12(11)18/h1-7H,(H,19,20). The molecule has 0 amide bonds. The quantitative estimate of drug-likeness (QED) is 0.785. The van der Waals surface area contributed by atoms with E-state index in [9.17, 15) is 9.18 Å². The minimum atomic E-state index is -1.04. The lowest BCUT2D eigenvalue weighted by molar-refractivity contribution is 0.0697. The molecule has 0 aliphatic rings. The van der Waals surface area contributed by atoms with E-state index in [-0.39, 0.29) is 16.3 Å². The van der Waals surface area contributed by atoms with Crippen LogP contribution in [-0.4, -0.2) is 20.6 Å². The maximum absolute atomic E-state index is 13.9. The van der Waals surface area contributed by atoms with Crippen LogP contribution in [0.15, 0.2) is 42.7 Å². The fourth-order valence-corrected chi connectivity index (χ4v) is 2.30. The monoisotopic (exact) mass is 290 g/mol. The summed E-state index contributed by atoms with van der Waals surface area (Å²) in [7, 11) is 0. The van der Waals surface area contributed by atoms with Crippen LogP contribution in [0.5, 0.6) is 0 Å². The Balaban J connectivity index is 2.26. The molecule has 0 unspecified atom stereocenters. The number of imidazole rings is 1. The Morgan fingerprint density at radius 2 is 2.10 bits per heavy atom. The summed E-state index contributed by atoms with van der Waals surface area (Å²) in [5.74, 6) is -1.51. The molecule has 6 heteroatoms. The lowest BCUT2D eigenvalue weighted by Gasteiger charge is -2.08. The van der Waals surface area contributed by atoms with E-state index >= 15 is 0 Å². The molecule has 1 heterocycles. The average molecular weight is 291 g/mol. The second kappa shape index (κ2) is 4.61. The number of aromatic carboxylic acids is 1. The molecule has 1 N–H and O–H groups in total. The number of carbonyl (C=O) groups is 1. The molecular formula is C14H8ClFN2O2. The van der Waals surface area contributed by atoms with E-state index < -0.39 is 11.8 Å². The Labute approximate surface area is 118 Å². The molecule has 20 heavy (non-hydrogen) atoms. The Hall–Kier alpha value is -2.40. The van der Waals surface area contributed by atoms with Gasteiger partial charge in [0.25, 0.3) is 0 Å². The van der Waals surface area contributed by atoms with Crippen molar-refractivity contribution in [1.29, 1.82) is 0 Å². The summed E-state index contributed by atoms with van der Waals surface area (Å²) in [6.07, 6.45) is 1.42. The van der Waals surface area contributed by atoms with Gasteiger partial charge in [0, 0.05) is 0 Å². The summed E-state index contributed by atoms with van der Waals surface area (Å²) < 4.78 is 15.4. The van der Waals surface area contributed by atoms with E-state index in [0.29, 0.717) is 11.0 Å². The molecule has 0 spiro atoms. The largest absolute Gasteiger partial charge is 0.478 e. The van der Waals surface area contributed by atoms with Crippen LogP contribution in [0, 0.1) is 5.82 Å². The summed E-state index contributed by atoms with van der Waals surface area (Å²) in [5.41, 5.74) is 1.37. The molecule has 1 aromatic heterocycles. The topological polar surface area (TPSA) is 55.1 Å². The number of fused-ring (bicyclic) bond motifs is 1. The molecule has 0 saturated heterocycles. The van der Waals surface area contributed by atoms with Crippen molar-refractivity contribution in [2.75, 3.05) is 0 Å². The fourth-order valence-electron chi connectivity index (χ4n) is 2.04. The first-order chi connectivity index (χ1) is 9.58. The molecule has 0 fully saturated rings. The van der Waals surface area contributed by atoms with Crippen molar-refractivity contribution in [3.63, 3.8) is 0 Å². The Bertz CT molecular complexity index is 809. The zero-order valence-corrected chi connectivity index (χ0v) is 10.8. The van der Waals surface area contributed by atoms with E-state index in [1.54, 1.807) is 12.1 Å². The Morgan fingerprint density at radius 3 is 2.80 bits per heavy atom. The number of hydrogen-bond acceptors (Lipinski definition) is 2. The average Bonchev–Trinajstić information content (AvgIpc) is 2.81. The zero-order valence-electron chi connectivity index (χ0n) is 10.0. The van der Waals surface area contributed by atoms with Crippen molar-refractivity contribution in [3.05, 3.63) is 59.1 Å². The second-order valence-electron chi connectivity index (χ2n) is 4.19. The summed E-state index contributed by atoms with van der Waals surface area (Å²) >= 11 is 6.02. The Kier molecular flexibility index (Phi) is 2.91. The van der Waals surface area contributed by atoms with Gasteiger partial charge >= 0.3 is 5.97 Å². The highest BCUT2D eigenvalue weighted by atomic mass is 35.5. The predicted molar refractivity (Wildman–Crippen MR) is 73.0 cm³/mol. The van der Waals surface area contributed by atoms with Gasteiger partial charge in [-0.2, -0.15) is 0 Å². The SMILES string of the molecule is O=C(O)c1ccc2c(c1)ncn2-c1c(F)cccc1Cl. The predicted octanol–water partition coefficient (Wildman–Crippen LogP) is 3.52. The molecule has 0 bridgehead atoms. The van der Waals surface area contributed by atoms with Crippen LogP contribution in [0.4, 0.5) is 4.39 Å². The van der Waals surface area contributed by atoms with Gasteiger partial charge in [0.1, 0.15) is 17.8 Å². The van der Waals surface area contributed by atoms with Gasteiger partial charge in [-0.3, -0.25) is 4.57 Å². The van der Waals surface area contributed by atoms with E-state index in [0.717, 1.165) is 0 Å². The molecule has 0 aliphatic heterocycles. The van der Waals surface area contributed by atoms with Crippen molar-refractivity contribution in [2.24, 2.45) is 0 Å². The third-order valence-electron chi connectivity index (χ3n) is 2.97. The first-order valence-corrected chi connectivity index (χ1v) is 6.10. The van der Waals surface area contributed by atoms with Gasteiger partial charge in [0.15, 0.2) is 0 Å². The molecule has 0 atom stereocenters. The van der Waals surface area contributed by atoms with Crippen LogP contribution in [0.2, 0.25) is 5.02 Å². The van der Waals surface area contributed by atoms with Crippen LogP contribution < -0.4 is 0 Å². The molecule has 3 rings (SSSR count). The minimum absolute atomic E-state index is 0.127. The number of benzene rings is 2. The van der Waals surface area contributed by atoms with E-state index in [1.165, 1.54) is 35.2 Å². The van der Waals surface area contributed by atoms with Crippen molar-refractivity contribution >= 4 is 28.6 Å². The highest BCUT2D eigenvalue weighted by molar-refractivity contribution is 6.32. The molecule has 0 aliphatic carbocycles. The van der Waals surface area contributed by atoms with Crippen molar-refractivity contribution < 1.29 is 14.3 Å². The highest BCUT2D eigenvalue weighted by Gasteiger charge is 2.13. The molecule has 4 nitrogen and oxygen atoms in total. The molecule has 3 aromatic rings. The molecule has 100 valence electrons. The van der Waals surface area contributed by atoms with Gasteiger partial charge in [0.2, 0.25) is 0 Å². The third kappa shape index (κ3) is 1.92. The Morgan fingerprint density at radius 1 is 1.30 bits per heavy atom. The number of para-hydroxylation sites is 1. The van der Waals surface area contributed by atoms with E-state index in [2.05, 4.69) is 4.98 Å². The molecule has 0 radical (unpaired) electrons. The second-order valence-corrected chi connectivity index (χ2v) is 4.60. The smallest absolute Gasteiger partial charge is 0.335 e. The summed E-state index contributed by atoms with van der Waals surface area (Å²) in [6.45, 7) is 0. The van der Waals surface area contributed by atoms with Crippen molar-refractivity contribution in [2.45, 2.75) is 0 Å². The van der Waals surface area contributed by atoms with Gasteiger partial charge in [-0.1, -0.05) is 17.7 Å². The van der Waals surface area contributed by atoms with Crippen LogP contribution in [0.1, 0.15) is 10.4 Å². The summed E-state index contributed by atoms with van der Waals surface area (Å²) in [6, 6.07) is 8.86. The molecule has 0 saturated carbocycles. The third-order valence-corrected chi connectivity index (χ3v) is 3.28. The summed E-state index contributed by atoms with van der Waals surface area (Å²) in [5, 5.41) is 9.20. The lowest BCUT2D eigenvalue weighted by atomic mass is 10.2. The summed E-state index contributed by atoms with van der Waals surface area (Å²) in [4.78, 5) is 15.0. The minimum Gasteiger partial charge on any atom is -0.478 e. The first-order valence-electron chi connectivity index (χ1n) is 5.72. The highest BCUT2D eigenvalue weighted by Crippen LogP contribution is 2.27. The maximum Gasteiger partial charge on any atom is 0.335 e. The van der Waals surface area contributed by atoms with Crippen molar-refractivity contribution in [3.8, 4) is 5.69 Å². The van der Waals surface area contributed by atoms with Crippen LogP contribution >= 0.6 is 11.6 Å². The number of halogens is 2. The van der Waals surface area contributed by atoms with Crippen LogP contribution in [0.3, 0.4) is 0 Å². The van der Waals surface area contributed by atoms with Crippen LogP contribution in [0.25, 0.3) is 16.7 Å². The number of carboxylic acid groups (broad SMARTS) is 1.